The molecule has 0 aliphatic carbocycles. The minimum absolute atomic E-state index is 0.194. The van der Waals surface area contributed by atoms with Gasteiger partial charge in [-0.3, -0.25) is 9.59 Å². The van der Waals surface area contributed by atoms with Gasteiger partial charge in [-0.15, -0.1) is 0 Å². The molecule has 0 saturated carbocycles. The predicted molar refractivity (Wildman–Crippen MR) is 73.0 cm³/mol. The van der Waals surface area contributed by atoms with Crippen molar-refractivity contribution in [1.82, 2.24) is 4.90 Å². The number of ether oxygens (including phenoxy) is 2. The fraction of sp³-hybridized carbons (Fsp3) is 0.429. The molecule has 0 atom stereocenters. The van der Waals surface area contributed by atoms with E-state index < -0.39 is 5.97 Å². The van der Waals surface area contributed by atoms with Crippen LogP contribution in [0.15, 0.2) is 24.3 Å². The van der Waals surface area contributed by atoms with E-state index in [1.807, 2.05) is 6.92 Å². The average molecular weight is 281 g/mol. The number of methoxy groups -OCH3 is 1. The Labute approximate surface area is 117 Å². The molecule has 0 bridgehead atoms. The largest absolute Gasteiger partial charge is 0.497 e. The zero-order valence-electron chi connectivity index (χ0n) is 11.7. The lowest BCUT2D eigenvalue weighted by molar-refractivity contribution is -0.145. The molecule has 1 rings (SSSR count). The van der Waals surface area contributed by atoms with Gasteiger partial charge >= 0.3 is 5.97 Å². The maximum atomic E-state index is 11.9. The highest BCUT2D eigenvalue weighted by molar-refractivity contribution is 5.82. The maximum Gasteiger partial charge on any atom is 0.323 e. The fourth-order valence-electron chi connectivity index (χ4n) is 1.65. The van der Waals surface area contributed by atoms with Gasteiger partial charge in [-0.25, -0.2) is 0 Å². The number of carbonyl (C=O) groups is 2. The number of hydrogen-bond donors (Lipinski definition) is 1. The van der Waals surface area contributed by atoms with Crippen LogP contribution < -0.4 is 9.47 Å². The van der Waals surface area contributed by atoms with E-state index in [2.05, 4.69) is 0 Å². The summed E-state index contributed by atoms with van der Waals surface area (Å²) in [5, 5.41) is 8.76. The Bertz CT molecular complexity index is 461. The third kappa shape index (κ3) is 5.17. The van der Waals surface area contributed by atoms with E-state index in [1.54, 1.807) is 31.4 Å². The summed E-state index contributed by atoms with van der Waals surface area (Å²) < 4.78 is 10.4. The van der Waals surface area contributed by atoms with Crippen LogP contribution in [0.2, 0.25) is 0 Å². The zero-order valence-corrected chi connectivity index (χ0v) is 11.7. The number of hydrogen-bond acceptors (Lipinski definition) is 4. The Morgan fingerprint density at radius 2 is 2.00 bits per heavy atom. The molecule has 1 N–H and O–H groups in total. The van der Waals surface area contributed by atoms with Crippen molar-refractivity contribution in [2.24, 2.45) is 0 Å². The minimum Gasteiger partial charge on any atom is -0.497 e. The monoisotopic (exact) mass is 281 g/mol. The third-order valence-electron chi connectivity index (χ3n) is 2.58. The van der Waals surface area contributed by atoms with Crippen LogP contribution in [-0.2, 0) is 9.59 Å². The smallest absolute Gasteiger partial charge is 0.323 e. The van der Waals surface area contributed by atoms with Gasteiger partial charge < -0.3 is 19.5 Å². The van der Waals surface area contributed by atoms with E-state index in [4.69, 9.17) is 14.6 Å². The molecule has 6 heteroatoms. The van der Waals surface area contributed by atoms with Crippen molar-refractivity contribution < 1.29 is 24.2 Å². The van der Waals surface area contributed by atoms with Crippen molar-refractivity contribution in [1.29, 1.82) is 0 Å². The number of carbonyl (C=O) groups excluding carboxylic acids is 1. The lowest BCUT2D eigenvalue weighted by atomic mass is 10.3. The molecule has 0 aromatic heterocycles. The predicted octanol–water partition coefficient (Wildman–Crippen LogP) is 1.40. The SMILES string of the molecule is CCCN(CC(=O)O)C(=O)COc1cccc(OC)c1. The molecule has 0 radical (unpaired) electrons. The van der Waals surface area contributed by atoms with Crippen molar-refractivity contribution in [3.8, 4) is 11.5 Å². The van der Waals surface area contributed by atoms with E-state index >= 15 is 0 Å². The molecule has 0 saturated heterocycles. The van der Waals surface area contributed by atoms with Crippen LogP contribution in [0.5, 0.6) is 11.5 Å². The van der Waals surface area contributed by atoms with Crippen LogP contribution in [0.1, 0.15) is 13.3 Å². The number of benzene rings is 1. The molecular formula is C14H19NO5. The third-order valence-corrected chi connectivity index (χ3v) is 2.58. The summed E-state index contributed by atoms with van der Waals surface area (Å²) in [6, 6.07) is 6.88. The Balaban J connectivity index is 2.57. The Kier molecular flexibility index (Phi) is 6.36. The Morgan fingerprint density at radius 3 is 2.60 bits per heavy atom. The first kappa shape index (κ1) is 15.8. The zero-order chi connectivity index (χ0) is 15.0. The number of rotatable bonds is 8. The van der Waals surface area contributed by atoms with E-state index in [0.29, 0.717) is 24.5 Å². The van der Waals surface area contributed by atoms with E-state index in [1.165, 1.54) is 4.90 Å². The van der Waals surface area contributed by atoms with Gasteiger partial charge in [0.05, 0.1) is 7.11 Å². The van der Waals surface area contributed by atoms with Crippen LogP contribution in [0.4, 0.5) is 0 Å². The fourth-order valence-corrected chi connectivity index (χ4v) is 1.65. The second kappa shape index (κ2) is 8.04. The molecule has 0 aliphatic heterocycles. The molecule has 1 amide bonds. The van der Waals surface area contributed by atoms with Gasteiger partial charge in [0.2, 0.25) is 0 Å². The summed E-state index contributed by atoms with van der Waals surface area (Å²) in [6.45, 7) is 1.77. The molecule has 20 heavy (non-hydrogen) atoms. The van der Waals surface area contributed by atoms with Gasteiger partial charge in [-0.05, 0) is 18.6 Å². The first-order valence-electron chi connectivity index (χ1n) is 6.33. The van der Waals surface area contributed by atoms with Gasteiger partial charge in [-0.2, -0.15) is 0 Å². The molecule has 6 nitrogen and oxygen atoms in total. The lowest BCUT2D eigenvalue weighted by Crippen LogP contribution is -2.39. The normalized spacial score (nSPS) is 9.90. The van der Waals surface area contributed by atoms with E-state index in [0.717, 1.165) is 0 Å². The molecule has 110 valence electrons. The summed E-state index contributed by atoms with van der Waals surface area (Å²) in [5.41, 5.74) is 0. The topological polar surface area (TPSA) is 76.1 Å². The van der Waals surface area contributed by atoms with Crippen molar-refractivity contribution in [2.75, 3.05) is 26.8 Å². The molecule has 0 heterocycles. The van der Waals surface area contributed by atoms with Crippen LogP contribution in [-0.4, -0.2) is 48.7 Å². The van der Waals surface area contributed by atoms with Crippen molar-refractivity contribution in [3.05, 3.63) is 24.3 Å². The Morgan fingerprint density at radius 1 is 1.30 bits per heavy atom. The molecular weight excluding hydrogens is 262 g/mol. The second-order valence-corrected chi connectivity index (χ2v) is 4.18. The Hall–Kier alpha value is -2.24. The highest BCUT2D eigenvalue weighted by atomic mass is 16.5. The minimum atomic E-state index is -1.03. The van der Waals surface area contributed by atoms with Crippen molar-refractivity contribution >= 4 is 11.9 Å². The molecule has 0 unspecified atom stereocenters. The number of amides is 1. The van der Waals surface area contributed by atoms with Gasteiger partial charge in [0.15, 0.2) is 6.61 Å². The number of carboxylic acids is 1. The van der Waals surface area contributed by atoms with E-state index in [-0.39, 0.29) is 19.1 Å². The molecule has 0 aliphatic rings. The van der Waals surface area contributed by atoms with Gasteiger partial charge in [0.1, 0.15) is 18.0 Å². The molecule has 0 fully saturated rings. The van der Waals surface area contributed by atoms with Crippen LogP contribution >= 0.6 is 0 Å². The summed E-state index contributed by atoms with van der Waals surface area (Å²) in [7, 11) is 1.54. The maximum absolute atomic E-state index is 11.9. The van der Waals surface area contributed by atoms with Gasteiger partial charge in [0.25, 0.3) is 5.91 Å². The second-order valence-electron chi connectivity index (χ2n) is 4.18. The first-order valence-corrected chi connectivity index (χ1v) is 6.33. The summed E-state index contributed by atoms with van der Waals surface area (Å²) in [4.78, 5) is 23.9. The first-order chi connectivity index (χ1) is 9.56. The number of nitrogens with zero attached hydrogens (tertiary/aromatic N) is 1. The van der Waals surface area contributed by atoms with Gasteiger partial charge in [0, 0.05) is 12.6 Å². The van der Waals surface area contributed by atoms with E-state index in [9.17, 15) is 9.59 Å². The average Bonchev–Trinajstić information content (AvgIpc) is 2.44. The van der Waals surface area contributed by atoms with Crippen molar-refractivity contribution in [3.63, 3.8) is 0 Å². The van der Waals surface area contributed by atoms with Crippen LogP contribution in [0.3, 0.4) is 0 Å². The number of aliphatic carboxylic acids is 1. The number of carboxylic acid groups (broad SMARTS) is 1. The van der Waals surface area contributed by atoms with Crippen LogP contribution in [0, 0.1) is 0 Å². The summed E-state index contributed by atoms with van der Waals surface area (Å²) >= 11 is 0. The van der Waals surface area contributed by atoms with Crippen molar-refractivity contribution in [2.45, 2.75) is 13.3 Å². The summed E-state index contributed by atoms with van der Waals surface area (Å²) in [5.74, 6) is -0.249. The van der Waals surface area contributed by atoms with Crippen LogP contribution in [0.25, 0.3) is 0 Å². The quantitative estimate of drug-likeness (QED) is 0.779. The molecule has 0 spiro atoms. The lowest BCUT2D eigenvalue weighted by Gasteiger charge is -2.20. The summed E-state index contributed by atoms with van der Waals surface area (Å²) in [6.07, 6.45) is 0.693. The molecule has 1 aromatic carbocycles. The highest BCUT2D eigenvalue weighted by Crippen LogP contribution is 2.18. The molecule has 1 aromatic rings. The standard InChI is InChI=1S/C14H19NO5/c1-3-7-15(9-14(17)18)13(16)10-20-12-6-4-5-11(8-12)19-2/h4-6,8H,3,7,9-10H2,1-2H3,(H,17,18). The van der Waals surface area contributed by atoms with Gasteiger partial charge in [-0.1, -0.05) is 13.0 Å². The highest BCUT2D eigenvalue weighted by Gasteiger charge is 2.16.